The van der Waals surface area contributed by atoms with Crippen LogP contribution in [0.25, 0.3) is 5.57 Å². The molecular weight excluding hydrogens is 524 g/mol. The SMILES string of the molecule is COCCC(C(=O)Nc1ccc(C(=O)O)cc1)n1cc(OC)c(C2=CC(Cl)=CCC2(C)n2ccnc2)cc1=O. The third-order valence-electron chi connectivity index (χ3n) is 6.82. The molecule has 2 unspecified atom stereocenters. The number of carboxylic acids is 1. The molecule has 0 saturated carbocycles. The molecule has 10 nitrogen and oxygen atoms in total. The second-order valence-corrected chi connectivity index (χ2v) is 9.70. The second kappa shape index (κ2) is 11.7. The van der Waals surface area contributed by atoms with Crippen LogP contribution in [0.5, 0.6) is 5.75 Å². The van der Waals surface area contributed by atoms with Gasteiger partial charge in [0.2, 0.25) is 5.91 Å². The van der Waals surface area contributed by atoms with Crippen LogP contribution in [-0.2, 0) is 15.1 Å². The van der Waals surface area contributed by atoms with Gasteiger partial charge in [-0.05, 0) is 49.3 Å². The van der Waals surface area contributed by atoms with Crippen molar-refractivity contribution < 1.29 is 24.2 Å². The Morgan fingerprint density at radius 1 is 1.26 bits per heavy atom. The molecule has 4 rings (SSSR count). The lowest BCUT2D eigenvalue weighted by Gasteiger charge is -2.36. The minimum atomic E-state index is -1.07. The van der Waals surface area contributed by atoms with E-state index in [0.717, 1.165) is 5.57 Å². The predicted octanol–water partition coefficient (Wildman–Crippen LogP) is 4.29. The number of pyridine rings is 1. The first-order valence-corrected chi connectivity index (χ1v) is 12.6. The first-order chi connectivity index (χ1) is 18.7. The van der Waals surface area contributed by atoms with Crippen molar-refractivity contribution in [3.8, 4) is 5.75 Å². The number of hydrogen-bond donors (Lipinski definition) is 2. The summed E-state index contributed by atoms with van der Waals surface area (Å²) in [5.41, 5.74) is 0.809. The molecule has 39 heavy (non-hydrogen) atoms. The summed E-state index contributed by atoms with van der Waals surface area (Å²) in [4.78, 5) is 42.2. The van der Waals surface area contributed by atoms with Crippen LogP contribution in [0.1, 0.15) is 41.7 Å². The fourth-order valence-electron chi connectivity index (χ4n) is 4.61. The van der Waals surface area contributed by atoms with Crippen LogP contribution in [0, 0.1) is 0 Å². The summed E-state index contributed by atoms with van der Waals surface area (Å²) < 4.78 is 14.2. The minimum Gasteiger partial charge on any atom is -0.495 e. The van der Waals surface area contributed by atoms with Gasteiger partial charge in [0.15, 0.2) is 0 Å². The van der Waals surface area contributed by atoms with Gasteiger partial charge in [0.05, 0.1) is 30.7 Å². The third-order valence-corrected chi connectivity index (χ3v) is 7.08. The van der Waals surface area contributed by atoms with Gasteiger partial charge in [-0.25, -0.2) is 9.78 Å². The van der Waals surface area contributed by atoms with Gasteiger partial charge in [0.1, 0.15) is 11.8 Å². The molecule has 2 N–H and O–H groups in total. The van der Waals surface area contributed by atoms with E-state index in [1.54, 1.807) is 12.5 Å². The molecule has 1 amide bonds. The lowest BCUT2D eigenvalue weighted by molar-refractivity contribution is -0.119. The van der Waals surface area contributed by atoms with Crippen molar-refractivity contribution in [1.29, 1.82) is 0 Å². The van der Waals surface area contributed by atoms with Crippen molar-refractivity contribution >= 4 is 34.7 Å². The summed E-state index contributed by atoms with van der Waals surface area (Å²) >= 11 is 6.41. The van der Waals surface area contributed by atoms with Crippen LogP contribution in [0.3, 0.4) is 0 Å². The highest BCUT2D eigenvalue weighted by Crippen LogP contribution is 2.44. The van der Waals surface area contributed by atoms with Crippen LogP contribution >= 0.6 is 11.6 Å². The Kier molecular flexibility index (Phi) is 8.37. The van der Waals surface area contributed by atoms with Crippen LogP contribution in [0.4, 0.5) is 5.69 Å². The number of aromatic carboxylic acids is 1. The fraction of sp³-hybridized carbons (Fsp3) is 0.286. The summed E-state index contributed by atoms with van der Waals surface area (Å²) in [6, 6.07) is 6.28. The molecule has 11 heteroatoms. The number of carboxylic acid groups (broad SMARTS) is 1. The molecule has 0 aliphatic heterocycles. The first kappa shape index (κ1) is 27.9. The summed E-state index contributed by atoms with van der Waals surface area (Å²) in [6.45, 7) is 2.24. The summed E-state index contributed by atoms with van der Waals surface area (Å²) in [5.74, 6) is -1.14. The van der Waals surface area contributed by atoms with Gasteiger partial charge < -0.3 is 24.5 Å². The summed E-state index contributed by atoms with van der Waals surface area (Å²) in [6.07, 6.45) is 11.3. The first-order valence-electron chi connectivity index (χ1n) is 12.2. The average molecular weight is 553 g/mol. The van der Waals surface area contributed by atoms with E-state index in [4.69, 9.17) is 26.2 Å². The maximum absolute atomic E-state index is 13.5. The third kappa shape index (κ3) is 5.81. The summed E-state index contributed by atoms with van der Waals surface area (Å²) in [5, 5.41) is 12.4. The largest absolute Gasteiger partial charge is 0.495 e. The molecule has 2 aromatic heterocycles. The van der Waals surface area contributed by atoms with E-state index in [1.165, 1.54) is 55.3 Å². The summed E-state index contributed by atoms with van der Waals surface area (Å²) in [7, 11) is 3.01. The number of carbonyl (C=O) groups excluding carboxylic acids is 1. The predicted molar refractivity (Wildman–Crippen MR) is 147 cm³/mol. The standard InChI is InChI=1S/C28H29ClN4O6/c1-28(32-12-11-30-17-32)10-8-19(29)14-22(28)21-15-25(34)33(16-24(21)39-3)23(9-13-38-2)26(35)31-20-6-4-18(5-7-20)27(36)37/h4-8,11-12,14-17,23H,9-10,13H2,1-3H3,(H,31,35)(H,36,37). The number of allylic oxidation sites excluding steroid dienone is 4. The van der Waals surface area contributed by atoms with E-state index in [1.807, 2.05) is 29.8 Å². The van der Waals surface area contributed by atoms with Crippen molar-refractivity contribution in [2.24, 2.45) is 0 Å². The lowest BCUT2D eigenvalue weighted by atomic mass is 9.80. The number of ether oxygens (including phenoxy) is 2. The minimum absolute atomic E-state index is 0.0927. The van der Waals surface area contributed by atoms with E-state index in [2.05, 4.69) is 10.3 Å². The monoisotopic (exact) mass is 552 g/mol. The Labute approximate surface area is 230 Å². The quantitative estimate of drug-likeness (QED) is 0.384. The van der Waals surface area contributed by atoms with Crippen molar-refractivity contribution in [3.05, 3.63) is 93.9 Å². The molecule has 0 saturated heterocycles. The zero-order valence-electron chi connectivity index (χ0n) is 21.8. The second-order valence-electron chi connectivity index (χ2n) is 9.26. The van der Waals surface area contributed by atoms with Crippen molar-refractivity contribution in [2.45, 2.75) is 31.3 Å². The van der Waals surface area contributed by atoms with Crippen LogP contribution in [-0.4, -0.2) is 51.9 Å². The van der Waals surface area contributed by atoms with Crippen molar-refractivity contribution in [2.75, 3.05) is 26.1 Å². The van der Waals surface area contributed by atoms with E-state index in [-0.39, 0.29) is 18.6 Å². The number of hydrogen-bond acceptors (Lipinski definition) is 6. The molecule has 3 aromatic rings. The molecule has 0 radical (unpaired) electrons. The molecule has 2 atom stereocenters. The zero-order chi connectivity index (χ0) is 28.2. The number of nitrogens with zero attached hydrogens (tertiary/aromatic N) is 3. The molecule has 204 valence electrons. The molecule has 0 spiro atoms. The van der Waals surface area contributed by atoms with Crippen LogP contribution < -0.4 is 15.6 Å². The van der Waals surface area contributed by atoms with Gasteiger partial charge in [0, 0.05) is 54.9 Å². The number of nitrogens with one attached hydrogen (secondary N) is 1. The molecule has 0 bridgehead atoms. The number of imidazole rings is 1. The van der Waals surface area contributed by atoms with E-state index >= 15 is 0 Å². The molecular formula is C28H29ClN4O6. The van der Waals surface area contributed by atoms with Gasteiger partial charge >= 0.3 is 5.97 Å². The number of carbonyl (C=O) groups is 2. The molecule has 0 fully saturated rings. The van der Waals surface area contributed by atoms with Gasteiger partial charge in [0.25, 0.3) is 5.56 Å². The average Bonchev–Trinajstić information content (AvgIpc) is 3.47. The van der Waals surface area contributed by atoms with Gasteiger partial charge in [-0.1, -0.05) is 17.7 Å². The lowest BCUT2D eigenvalue weighted by Crippen LogP contribution is -2.35. The number of aromatic nitrogens is 3. The Morgan fingerprint density at radius 3 is 2.62 bits per heavy atom. The van der Waals surface area contributed by atoms with E-state index in [0.29, 0.717) is 28.5 Å². The molecule has 1 aliphatic rings. The molecule has 1 aromatic carbocycles. The topological polar surface area (TPSA) is 125 Å². The number of rotatable bonds is 10. The Morgan fingerprint density at radius 2 is 2.00 bits per heavy atom. The maximum Gasteiger partial charge on any atom is 0.335 e. The zero-order valence-corrected chi connectivity index (χ0v) is 22.5. The number of methoxy groups -OCH3 is 2. The fourth-order valence-corrected chi connectivity index (χ4v) is 4.80. The molecule has 2 heterocycles. The highest BCUT2D eigenvalue weighted by molar-refractivity contribution is 6.32. The van der Waals surface area contributed by atoms with Crippen LogP contribution in [0.15, 0.2) is 77.2 Å². The Hall–Kier alpha value is -4.15. The van der Waals surface area contributed by atoms with Gasteiger partial charge in [-0.3, -0.25) is 14.2 Å². The van der Waals surface area contributed by atoms with Gasteiger partial charge in [-0.15, -0.1) is 0 Å². The number of anilines is 1. The van der Waals surface area contributed by atoms with E-state index < -0.39 is 29.0 Å². The van der Waals surface area contributed by atoms with Crippen molar-refractivity contribution in [3.63, 3.8) is 0 Å². The highest BCUT2D eigenvalue weighted by Gasteiger charge is 2.35. The normalized spacial score (nSPS) is 17.6. The Bertz CT molecular complexity index is 1480. The number of amides is 1. The Balaban J connectivity index is 1.74. The number of halogens is 1. The number of benzene rings is 1. The van der Waals surface area contributed by atoms with E-state index in [9.17, 15) is 14.4 Å². The smallest absolute Gasteiger partial charge is 0.335 e. The highest BCUT2D eigenvalue weighted by atomic mass is 35.5. The molecule has 1 aliphatic carbocycles. The van der Waals surface area contributed by atoms with Crippen molar-refractivity contribution in [1.82, 2.24) is 14.1 Å². The van der Waals surface area contributed by atoms with Gasteiger partial charge in [-0.2, -0.15) is 0 Å². The maximum atomic E-state index is 13.5. The van der Waals surface area contributed by atoms with Crippen LogP contribution in [0.2, 0.25) is 0 Å².